The maximum atomic E-state index is 14.3. The summed E-state index contributed by atoms with van der Waals surface area (Å²) >= 11 is 0. The van der Waals surface area contributed by atoms with Gasteiger partial charge in [0.15, 0.2) is 5.88 Å². The molecule has 0 amide bonds. The van der Waals surface area contributed by atoms with Crippen LogP contribution in [0.2, 0.25) is 0 Å². The van der Waals surface area contributed by atoms with Gasteiger partial charge in [-0.2, -0.15) is 0 Å². The number of aliphatic imine (C=N–C) groups is 1. The van der Waals surface area contributed by atoms with E-state index in [2.05, 4.69) is 15.3 Å². The average molecular weight is 371 g/mol. The smallest absolute Gasteiger partial charge is 0.198 e. The van der Waals surface area contributed by atoms with Crippen molar-refractivity contribution in [1.29, 1.82) is 0 Å². The van der Waals surface area contributed by atoms with Crippen LogP contribution in [0.1, 0.15) is 18.4 Å². The summed E-state index contributed by atoms with van der Waals surface area (Å²) in [6, 6.07) is 9.06. The van der Waals surface area contributed by atoms with Crippen molar-refractivity contribution in [1.82, 2.24) is 4.98 Å². The number of hydrogen-bond donors (Lipinski definition) is 3. The second kappa shape index (κ2) is 7.36. The molecule has 3 aromatic rings. The third-order valence-corrected chi connectivity index (χ3v) is 4.63. The molecular weight excluding hydrogens is 352 g/mol. The molecule has 2 aromatic carbocycles. The number of nitrogens with zero attached hydrogens (tertiary/aromatic N) is 1. The quantitative estimate of drug-likeness (QED) is 0.579. The summed E-state index contributed by atoms with van der Waals surface area (Å²) in [5.74, 6) is -1.09. The lowest BCUT2D eigenvalue weighted by Crippen LogP contribution is -2.18. The van der Waals surface area contributed by atoms with E-state index in [-0.39, 0.29) is 22.9 Å². The number of aromatic amines is 1. The van der Waals surface area contributed by atoms with Gasteiger partial charge in [-0.25, -0.2) is 8.78 Å². The second-order valence-electron chi connectivity index (χ2n) is 6.49. The minimum absolute atomic E-state index is 0.113. The molecule has 2 heterocycles. The summed E-state index contributed by atoms with van der Waals surface area (Å²) in [7, 11) is 0. The van der Waals surface area contributed by atoms with Crippen LogP contribution in [-0.2, 0) is 4.74 Å². The van der Waals surface area contributed by atoms with Crippen LogP contribution in [-0.4, -0.2) is 35.6 Å². The van der Waals surface area contributed by atoms with E-state index in [0.29, 0.717) is 23.4 Å². The maximum Gasteiger partial charge on any atom is 0.198 e. The van der Waals surface area contributed by atoms with Crippen molar-refractivity contribution in [2.45, 2.75) is 18.9 Å². The van der Waals surface area contributed by atoms with E-state index in [1.165, 1.54) is 18.3 Å². The van der Waals surface area contributed by atoms with Gasteiger partial charge >= 0.3 is 0 Å². The number of ether oxygens (including phenoxy) is 1. The van der Waals surface area contributed by atoms with E-state index in [1.54, 1.807) is 24.3 Å². The zero-order chi connectivity index (χ0) is 18.8. The molecule has 1 aliphatic rings. The lowest BCUT2D eigenvalue weighted by Gasteiger charge is -2.12. The first-order valence-corrected chi connectivity index (χ1v) is 8.80. The minimum atomic E-state index is -0.467. The molecule has 0 bridgehead atoms. The Morgan fingerprint density at radius 1 is 1.26 bits per heavy atom. The number of halogens is 2. The number of aromatic nitrogens is 1. The first kappa shape index (κ1) is 17.5. The number of fused-ring (bicyclic) bond motifs is 1. The molecule has 0 aliphatic carbocycles. The highest BCUT2D eigenvalue weighted by atomic mass is 19.1. The zero-order valence-corrected chi connectivity index (χ0v) is 14.5. The molecule has 1 aromatic heterocycles. The number of hydrogen-bond acceptors (Lipinski definition) is 4. The van der Waals surface area contributed by atoms with Gasteiger partial charge in [0.2, 0.25) is 0 Å². The van der Waals surface area contributed by atoms with Crippen LogP contribution in [0.3, 0.4) is 0 Å². The first-order chi connectivity index (χ1) is 13.1. The SMILES string of the molecule is Oc1[nH]c2cccc(F)c2c1C=Nc1ccc(NCC2CCCO2)c(F)c1. The molecule has 1 unspecified atom stereocenters. The van der Waals surface area contributed by atoms with Crippen molar-refractivity contribution in [2.24, 2.45) is 4.99 Å². The first-order valence-electron chi connectivity index (χ1n) is 8.80. The summed E-state index contributed by atoms with van der Waals surface area (Å²) in [6.45, 7) is 1.31. The van der Waals surface area contributed by atoms with E-state index in [0.717, 1.165) is 19.4 Å². The van der Waals surface area contributed by atoms with Crippen LogP contribution in [0.15, 0.2) is 41.4 Å². The van der Waals surface area contributed by atoms with Gasteiger partial charge in [0.25, 0.3) is 0 Å². The van der Waals surface area contributed by atoms with Crippen molar-refractivity contribution in [3.8, 4) is 5.88 Å². The Kier molecular flexibility index (Phi) is 4.77. The summed E-state index contributed by atoms with van der Waals surface area (Å²) in [4.78, 5) is 6.87. The monoisotopic (exact) mass is 371 g/mol. The normalized spacial score (nSPS) is 17.2. The van der Waals surface area contributed by atoms with Gasteiger partial charge in [0, 0.05) is 30.8 Å². The van der Waals surface area contributed by atoms with Crippen molar-refractivity contribution in [3.05, 3.63) is 53.6 Å². The molecule has 1 saturated heterocycles. The molecule has 5 nitrogen and oxygen atoms in total. The van der Waals surface area contributed by atoms with Gasteiger partial charge in [-0.3, -0.25) is 4.99 Å². The lowest BCUT2D eigenvalue weighted by atomic mass is 10.1. The highest BCUT2D eigenvalue weighted by Crippen LogP contribution is 2.29. The Balaban J connectivity index is 1.53. The minimum Gasteiger partial charge on any atom is -0.494 e. The van der Waals surface area contributed by atoms with Gasteiger partial charge < -0.3 is 20.1 Å². The largest absolute Gasteiger partial charge is 0.494 e. The predicted octanol–water partition coefficient (Wildman–Crippen LogP) is 4.49. The fourth-order valence-corrected chi connectivity index (χ4v) is 3.24. The third kappa shape index (κ3) is 3.64. The Bertz CT molecular complexity index is 994. The molecule has 0 saturated carbocycles. The van der Waals surface area contributed by atoms with Crippen molar-refractivity contribution in [2.75, 3.05) is 18.5 Å². The second-order valence-corrected chi connectivity index (χ2v) is 6.49. The van der Waals surface area contributed by atoms with Crippen LogP contribution in [0, 0.1) is 11.6 Å². The average Bonchev–Trinajstić information content (AvgIpc) is 3.27. The molecule has 27 heavy (non-hydrogen) atoms. The topological polar surface area (TPSA) is 69.6 Å². The van der Waals surface area contributed by atoms with Gasteiger partial charge in [0.05, 0.1) is 28.6 Å². The number of nitrogens with one attached hydrogen (secondary N) is 2. The van der Waals surface area contributed by atoms with Gasteiger partial charge in [-0.05, 0) is 37.1 Å². The van der Waals surface area contributed by atoms with Crippen LogP contribution < -0.4 is 5.32 Å². The van der Waals surface area contributed by atoms with Crippen LogP contribution in [0.5, 0.6) is 5.88 Å². The maximum absolute atomic E-state index is 14.3. The highest BCUT2D eigenvalue weighted by Gasteiger charge is 2.16. The van der Waals surface area contributed by atoms with Crippen molar-refractivity contribution >= 4 is 28.5 Å². The molecule has 4 rings (SSSR count). The fraction of sp³-hybridized carbons (Fsp3) is 0.250. The Morgan fingerprint density at radius 3 is 2.93 bits per heavy atom. The summed E-state index contributed by atoms with van der Waals surface area (Å²) in [6.07, 6.45) is 3.44. The van der Waals surface area contributed by atoms with E-state index in [9.17, 15) is 13.9 Å². The zero-order valence-electron chi connectivity index (χ0n) is 14.5. The molecular formula is C20H19F2N3O2. The van der Waals surface area contributed by atoms with E-state index >= 15 is 0 Å². The lowest BCUT2D eigenvalue weighted by molar-refractivity contribution is 0.120. The van der Waals surface area contributed by atoms with Gasteiger partial charge in [-0.15, -0.1) is 0 Å². The van der Waals surface area contributed by atoms with Gasteiger partial charge in [-0.1, -0.05) is 6.07 Å². The predicted molar refractivity (Wildman–Crippen MR) is 101 cm³/mol. The van der Waals surface area contributed by atoms with Crippen molar-refractivity contribution in [3.63, 3.8) is 0 Å². The summed E-state index contributed by atoms with van der Waals surface area (Å²) < 4.78 is 33.8. The number of aromatic hydroxyl groups is 1. The summed E-state index contributed by atoms with van der Waals surface area (Å²) in [5, 5.41) is 13.3. The molecule has 0 radical (unpaired) electrons. The van der Waals surface area contributed by atoms with E-state index in [4.69, 9.17) is 4.74 Å². The molecule has 1 fully saturated rings. The Labute approximate surface area is 154 Å². The van der Waals surface area contributed by atoms with Crippen molar-refractivity contribution < 1.29 is 18.6 Å². The number of anilines is 1. The highest BCUT2D eigenvalue weighted by molar-refractivity contribution is 6.02. The number of H-pyrrole nitrogens is 1. The van der Waals surface area contributed by atoms with Crippen LogP contribution >= 0.6 is 0 Å². The van der Waals surface area contributed by atoms with Gasteiger partial charge in [0.1, 0.15) is 11.6 Å². The van der Waals surface area contributed by atoms with E-state index < -0.39 is 11.6 Å². The number of rotatable bonds is 5. The standard InChI is InChI=1S/C20H19F2N3O2/c21-15-4-1-5-18-19(15)14(20(26)25-18)11-23-12-6-7-17(16(22)9-12)24-10-13-3-2-8-27-13/h1,4-7,9,11,13,24-26H,2-3,8,10H2. The molecule has 3 N–H and O–H groups in total. The Morgan fingerprint density at radius 2 is 2.15 bits per heavy atom. The van der Waals surface area contributed by atoms with Crippen LogP contribution in [0.25, 0.3) is 10.9 Å². The Hall–Kier alpha value is -2.93. The fourth-order valence-electron chi connectivity index (χ4n) is 3.24. The molecule has 1 aliphatic heterocycles. The molecule has 1 atom stereocenters. The third-order valence-electron chi connectivity index (χ3n) is 4.63. The number of benzene rings is 2. The van der Waals surface area contributed by atoms with E-state index in [1.807, 2.05) is 0 Å². The summed E-state index contributed by atoms with van der Waals surface area (Å²) in [5.41, 5.74) is 1.43. The molecule has 7 heteroatoms. The molecule has 140 valence electrons. The molecule has 0 spiro atoms. The van der Waals surface area contributed by atoms with Crippen LogP contribution in [0.4, 0.5) is 20.2 Å².